The Labute approximate surface area is 112 Å². The van der Waals surface area contributed by atoms with Crippen LogP contribution in [0.5, 0.6) is 0 Å². The van der Waals surface area contributed by atoms with Crippen LogP contribution in [0.3, 0.4) is 0 Å². The lowest BCUT2D eigenvalue weighted by Gasteiger charge is -2.07. The normalized spacial score (nSPS) is 10.6. The quantitative estimate of drug-likeness (QED) is 0.629. The van der Waals surface area contributed by atoms with Crippen LogP contribution in [0, 0.1) is 5.92 Å². The van der Waals surface area contributed by atoms with Crippen LogP contribution in [0.2, 0.25) is 0 Å². The van der Waals surface area contributed by atoms with E-state index in [0.29, 0.717) is 5.92 Å². The Morgan fingerprint density at radius 2 is 1.94 bits per heavy atom. The Morgan fingerprint density at radius 3 is 2.47 bits per heavy atom. The van der Waals surface area contributed by atoms with Gasteiger partial charge < -0.3 is 5.32 Å². The molecule has 17 heavy (non-hydrogen) atoms. The first-order valence-corrected chi connectivity index (χ1v) is 7.18. The van der Waals surface area contributed by atoms with Gasteiger partial charge in [0.05, 0.1) is 0 Å². The Morgan fingerprint density at radius 1 is 1.29 bits per heavy atom. The highest BCUT2D eigenvalue weighted by Crippen LogP contribution is 2.08. The van der Waals surface area contributed by atoms with E-state index in [2.05, 4.69) is 35.1 Å². The number of hydrogen-bond donors (Lipinski definition) is 1. The van der Waals surface area contributed by atoms with Gasteiger partial charge in [-0.05, 0) is 36.5 Å². The summed E-state index contributed by atoms with van der Waals surface area (Å²) in [6.07, 6.45) is 2.20. The fraction of sp³-hybridized carbons (Fsp3) is 0.500. The molecule has 0 aliphatic heterocycles. The molecule has 3 heteroatoms. The minimum atomic E-state index is 0.0230. The van der Waals surface area contributed by atoms with Crippen LogP contribution >= 0.6 is 15.9 Å². The minimum absolute atomic E-state index is 0.0230. The lowest BCUT2D eigenvalue weighted by Crippen LogP contribution is -2.24. The van der Waals surface area contributed by atoms with Crippen LogP contribution < -0.4 is 5.32 Å². The van der Waals surface area contributed by atoms with Crippen LogP contribution in [-0.4, -0.2) is 12.5 Å². The average molecular weight is 298 g/mol. The van der Waals surface area contributed by atoms with Crippen molar-refractivity contribution in [1.82, 2.24) is 5.32 Å². The predicted molar refractivity (Wildman–Crippen MR) is 75.5 cm³/mol. The number of benzene rings is 1. The summed E-state index contributed by atoms with van der Waals surface area (Å²) in [5, 5.41) is 3.76. The van der Waals surface area contributed by atoms with E-state index in [1.807, 2.05) is 24.3 Å². The second-order valence-corrected chi connectivity index (χ2v) is 5.18. The van der Waals surface area contributed by atoms with Crippen molar-refractivity contribution in [2.75, 3.05) is 6.54 Å². The molecule has 1 rings (SSSR count). The smallest absolute Gasteiger partial charge is 0.251 e. The van der Waals surface area contributed by atoms with Crippen LogP contribution in [0.1, 0.15) is 42.6 Å². The molecule has 0 spiro atoms. The van der Waals surface area contributed by atoms with Crippen molar-refractivity contribution >= 4 is 21.8 Å². The van der Waals surface area contributed by atoms with Gasteiger partial charge in [0.2, 0.25) is 0 Å². The average Bonchev–Trinajstić information content (AvgIpc) is 2.34. The van der Waals surface area contributed by atoms with E-state index in [0.717, 1.165) is 30.3 Å². The van der Waals surface area contributed by atoms with Crippen molar-refractivity contribution < 1.29 is 4.79 Å². The summed E-state index contributed by atoms with van der Waals surface area (Å²) in [6.45, 7) is 5.15. The second kappa shape index (κ2) is 7.49. The summed E-state index contributed by atoms with van der Waals surface area (Å²) in [5.41, 5.74) is 1.92. The molecule has 0 heterocycles. The third kappa shape index (κ3) is 5.35. The van der Waals surface area contributed by atoms with E-state index in [4.69, 9.17) is 0 Å². The summed E-state index contributed by atoms with van der Waals surface area (Å²) < 4.78 is 0. The standard InChI is InChI=1S/C14H20BrNO/c1-11(2)4-3-9-16-14(17)13-7-5-12(10-15)6-8-13/h5-8,11H,3-4,9-10H2,1-2H3,(H,16,17). The molecule has 0 radical (unpaired) electrons. The van der Waals surface area contributed by atoms with Crippen LogP contribution in [0.4, 0.5) is 0 Å². The molecule has 0 aromatic heterocycles. The maximum atomic E-state index is 11.8. The number of carbonyl (C=O) groups excluding carboxylic acids is 1. The molecule has 0 fully saturated rings. The molecule has 0 aliphatic carbocycles. The largest absolute Gasteiger partial charge is 0.352 e. The van der Waals surface area contributed by atoms with Crippen molar-refractivity contribution in [3.63, 3.8) is 0 Å². The first kappa shape index (κ1) is 14.2. The van der Waals surface area contributed by atoms with Crippen LogP contribution in [0.15, 0.2) is 24.3 Å². The van der Waals surface area contributed by atoms with Gasteiger partial charge in [-0.3, -0.25) is 4.79 Å². The summed E-state index contributed by atoms with van der Waals surface area (Å²) in [4.78, 5) is 11.8. The van der Waals surface area contributed by atoms with Crippen molar-refractivity contribution in [3.05, 3.63) is 35.4 Å². The summed E-state index contributed by atoms with van der Waals surface area (Å²) in [6, 6.07) is 7.68. The molecule has 2 nitrogen and oxygen atoms in total. The third-order valence-electron chi connectivity index (χ3n) is 2.61. The van der Waals surface area contributed by atoms with Gasteiger partial charge in [0.15, 0.2) is 0 Å². The third-order valence-corrected chi connectivity index (χ3v) is 3.26. The Hall–Kier alpha value is -0.830. The lowest BCUT2D eigenvalue weighted by atomic mass is 10.1. The number of alkyl halides is 1. The number of carbonyl (C=O) groups is 1. The van der Waals surface area contributed by atoms with Gasteiger partial charge in [-0.25, -0.2) is 0 Å². The summed E-state index contributed by atoms with van der Waals surface area (Å²) in [5.74, 6) is 0.722. The number of amides is 1. The van der Waals surface area contributed by atoms with Gasteiger partial charge in [-0.1, -0.05) is 41.9 Å². The molecule has 0 bridgehead atoms. The molecule has 0 saturated carbocycles. The van der Waals surface area contributed by atoms with Crippen molar-refractivity contribution in [3.8, 4) is 0 Å². The molecular formula is C14H20BrNO. The van der Waals surface area contributed by atoms with Crippen molar-refractivity contribution in [2.24, 2.45) is 5.92 Å². The highest BCUT2D eigenvalue weighted by Gasteiger charge is 2.04. The van der Waals surface area contributed by atoms with Crippen LogP contribution in [-0.2, 0) is 5.33 Å². The number of halogens is 1. The number of nitrogens with one attached hydrogen (secondary N) is 1. The monoisotopic (exact) mass is 297 g/mol. The molecular weight excluding hydrogens is 278 g/mol. The zero-order valence-corrected chi connectivity index (χ0v) is 12.1. The molecule has 0 atom stereocenters. The van der Waals surface area contributed by atoms with Gasteiger partial charge in [0, 0.05) is 17.4 Å². The maximum Gasteiger partial charge on any atom is 0.251 e. The molecule has 0 aliphatic rings. The molecule has 1 N–H and O–H groups in total. The molecule has 0 unspecified atom stereocenters. The van der Waals surface area contributed by atoms with E-state index in [-0.39, 0.29) is 5.91 Å². The lowest BCUT2D eigenvalue weighted by molar-refractivity contribution is 0.0952. The van der Waals surface area contributed by atoms with Gasteiger partial charge in [-0.15, -0.1) is 0 Å². The molecule has 0 saturated heterocycles. The fourth-order valence-electron chi connectivity index (χ4n) is 1.56. The fourth-order valence-corrected chi connectivity index (χ4v) is 1.93. The molecule has 94 valence electrons. The van der Waals surface area contributed by atoms with Gasteiger partial charge in [-0.2, -0.15) is 0 Å². The SMILES string of the molecule is CC(C)CCCNC(=O)c1ccc(CBr)cc1. The van der Waals surface area contributed by atoms with Gasteiger partial charge in [0.25, 0.3) is 5.91 Å². The second-order valence-electron chi connectivity index (χ2n) is 4.62. The van der Waals surface area contributed by atoms with Crippen LogP contribution in [0.25, 0.3) is 0 Å². The first-order chi connectivity index (χ1) is 8.13. The van der Waals surface area contributed by atoms with Crippen molar-refractivity contribution in [2.45, 2.75) is 32.0 Å². The topological polar surface area (TPSA) is 29.1 Å². The van der Waals surface area contributed by atoms with Crippen molar-refractivity contribution in [1.29, 1.82) is 0 Å². The van der Waals surface area contributed by atoms with E-state index < -0.39 is 0 Å². The number of hydrogen-bond acceptors (Lipinski definition) is 1. The summed E-state index contributed by atoms with van der Waals surface area (Å²) >= 11 is 3.38. The Kier molecular flexibility index (Phi) is 6.27. The molecule has 1 aromatic rings. The van der Waals surface area contributed by atoms with E-state index >= 15 is 0 Å². The molecule has 1 aromatic carbocycles. The highest BCUT2D eigenvalue weighted by molar-refractivity contribution is 9.08. The first-order valence-electron chi connectivity index (χ1n) is 6.06. The van der Waals surface area contributed by atoms with Gasteiger partial charge in [0.1, 0.15) is 0 Å². The Bertz CT molecular complexity index is 346. The van der Waals surface area contributed by atoms with Gasteiger partial charge >= 0.3 is 0 Å². The maximum absolute atomic E-state index is 11.8. The minimum Gasteiger partial charge on any atom is -0.352 e. The summed E-state index contributed by atoms with van der Waals surface area (Å²) in [7, 11) is 0. The predicted octanol–water partition coefficient (Wildman–Crippen LogP) is 3.75. The number of rotatable bonds is 6. The molecule has 1 amide bonds. The highest BCUT2D eigenvalue weighted by atomic mass is 79.9. The van der Waals surface area contributed by atoms with E-state index in [9.17, 15) is 4.79 Å². The van der Waals surface area contributed by atoms with E-state index in [1.165, 1.54) is 5.56 Å². The zero-order valence-electron chi connectivity index (χ0n) is 10.5. The zero-order chi connectivity index (χ0) is 12.7. The van der Waals surface area contributed by atoms with E-state index in [1.54, 1.807) is 0 Å². The Balaban J connectivity index is 2.36.